The quantitative estimate of drug-likeness (QED) is 0.747. The smallest absolute Gasteiger partial charge is 0.337 e. The molecule has 0 N–H and O–H groups in total. The van der Waals surface area contributed by atoms with E-state index in [9.17, 15) is 22.4 Å². The van der Waals surface area contributed by atoms with Gasteiger partial charge in [-0.3, -0.25) is 4.79 Å². The number of hydrogen-bond donors (Lipinski definition) is 0. The second-order valence-electron chi connectivity index (χ2n) is 4.91. The normalized spacial score (nSPS) is 19.2. The van der Waals surface area contributed by atoms with Crippen LogP contribution in [0, 0.1) is 23.1 Å². The molecule has 1 aliphatic rings. The van der Waals surface area contributed by atoms with E-state index in [-0.39, 0.29) is 18.0 Å². The molecule has 1 saturated heterocycles. The highest BCUT2D eigenvalue weighted by atomic mass is 19.4. The van der Waals surface area contributed by atoms with E-state index in [1.807, 2.05) is 0 Å². The third-order valence-electron chi connectivity index (χ3n) is 3.41. The summed E-state index contributed by atoms with van der Waals surface area (Å²) in [5, 5.41) is 8.86. The molecule has 3 nitrogen and oxygen atoms in total. The summed E-state index contributed by atoms with van der Waals surface area (Å²) >= 11 is 0. The van der Waals surface area contributed by atoms with Crippen molar-refractivity contribution < 1.29 is 22.4 Å². The maximum absolute atomic E-state index is 13.2. The topological polar surface area (TPSA) is 44.1 Å². The summed E-state index contributed by atoms with van der Waals surface area (Å²) < 4.78 is 51.1. The lowest BCUT2D eigenvalue weighted by Crippen LogP contribution is -2.39. The molecule has 1 heterocycles. The lowest BCUT2D eigenvalue weighted by atomic mass is 9.98. The molecule has 0 aromatic heterocycles. The van der Waals surface area contributed by atoms with Gasteiger partial charge in [-0.05, 0) is 31.0 Å². The van der Waals surface area contributed by atoms with Gasteiger partial charge in [0.15, 0.2) is 0 Å². The summed E-state index contributed by atoms with van der Waals surface area (Å²) in [6, 6.07) is 4.24. The zero-order valence-electron chi connectivity index (χ0n) is 11.0. The van der Waals surface area contributed by atoms with E-state index in [4.69, 9.17) is 5.26 Å². The van der Waals surface area contributed by atoms with Gasteiger partial charge in [0.25, 0.3) is 5.91 Å². The minimum atomic E-state index is -4.85. The van der Waals surface area contributed by atoms with Crippen LogP contribution in [-0.4, -0.2) is 23.9 Å². The highest BCUT2D eigenvalue weighted by Gasteiger charge is 2.35. The minimum absolute atomic E-state index is 0.189. The molecular weight excluding hydrogens is 288 g/mol. The minimum Gasteiger partial charge on any atom is -0.337 e. The Morgan fingerprint density at radius 2 is 2.10 bits per heavy atom. The molecule has 1 aliphatic heterocycles. The molecule has 1 aromatic rings. The van der Waals surface area contributed by atoms with Crippen LogP contribution >= 0.6 is 0 Å². The Balaban J connectivity index is 2.26. The first-order chi connectivity index (χ1) is 9.82. The molecule has 1 unspecified atom stereocenters. The van der Waals surface area contributed by atoms with Crippen LogP contribution in [0.25, 0.3) is 0 Å². The second kappa shape index (κ2) is 5.72. The van der Waals surface area contributed by atoms with E-state index >= 15 is 0 Å². The summed E-state index contributed by atoms with van der Waals surface area (Å²) in [5.74, 6) is -2.33. The van der Waals surface area contributed by atoms with Crippen molar-refractivity contribution in [2.45, 2.75) is 19.0 Å². The van der Waals surface area contributed by atoms with E-state index in [0.717, 1.165) is 6.07 Å². The van der Waals surface area contributed by atoms with Crippen molar-refractivity contribution >= 4 is 5.91 Å². The highest BCUT2D eigenvalue weighted by molar-refractivity contribution is 5.94. The molecular formula is C14H12F4N2O. The first-order valence-corrected chi connectivity index (χ1v) is 6.38. The van der Waals surface area contributed by atoms with Gasteiger partial charge in [0, 0.05) is 18.7 Å². The molecule has 1 fully saturated rings. The maximum atomic E-state index is 13.2. The number of carbonyl (C=O) groups excluding carboxylic acids is 1. The zero-order valence-corrected chi connectivity index (χ0v) is 11.0. The standard InChI is InChI=1S/C14H12F4N2O/c15-12-4-3-10(6-11(12)14(16,17)18)13(21)20-5-1-2-9(7-19)8-20/h3-4,6,9H,1-2,5,8H2. The number of amides is 1. The lowest BCUT2D eigenvalue weighted by molar-refractivity contribution is -0.140. The predicted octanol–water partition coefficient (Wildman–Crippen LogP) is 3.22. The molecule has 1 amide bonds. The van der Waals surface area contributed by atoms with E-state index in [2.05, 4.69) is 6.07 Å². The summed E-state index contributed by atoms with van der Waals surface area (Å²) in [6.45, 7) is 0.573. The lowest BCUT2D eigenvalue weighted by Gasteiger charge is -2.29. The van der Waals surface area contributed by atoms with E-state index in [1.54, 1.807) is 0 Å². The van der Waals surface area contributed by atoms with E-state index in [1.165, 1.54) is 4.90 Å². The van der Waals surface area contributed by atoms with Crippen molar-refractivity contribution in [3.8, 4) is 6.07 Å². The van der Waals surface area contributed by atoms with Crippen molar-refractivity contribution in [3.63, 3.8) is 0 Å². The van der Waals surface area contributed by atoms with Crippen molar-refractivity contribution in [1.29, 1.82) is 5.26 Å². The van der Waals surface area contributed by atoms with E-state index in [0.29, 0.717) is 31.5 Å². The number of carbonyl (C=O) groups is 1. The van der Waals surface area contributed by atoms with Crippen LogP contribution in [0.4, 0.5) is 17.6 Å². The Bertz CT molecular complexity index is 592. The average molecular weight is 300 g/mol. The first-order valence-electron chi connectivity index (χ1n) is 6.38. The van der Waals surface area contributed by atoms with Gasteiger partial charge < -0.3 is 4.90 Å². The molecule has 1 atom stereocenters. The Kier molecular flexibility index (Phi) is 4.16. The molecule has 1 aromatic carbocycles. The number of hydrogen-bond acceptors (Lipinski definition) is 2. The Hall–Kier alpha value is -2.10. The van der Waals surface area contributed by atoms with Crippen LogP contribution in [0.3, 0.4) is 0 Å². The zero-order chi connectivity index (χ0) is 15.6. The van der Waals surface area contributed by atoms with Crippen LogP contribution in [0.5, 0.6) is 0 Å². The van der Waals surface area contributed by atoms with E-state index < -0.39 is 23.5 Å². The molecule has 2 rings (SSSR count). The SMILES string of the molecule is N#CC1CCCN(C(=O)c2ccc(F)c(C(F)(F)F)c2)C1. The van der Waals surface area contributed by atoms with Gasteiger partial charge in [0.05, 0.1) is 17.6 Å². The molecule has 0 saturated carbocycles. The second-order valence-corrected chi connectivity index (χ2v) is 4.91. The summed E-state index contributed by atoms with van der Waals surface area (Å²) in [7, 11) is 0. The molecule has 0 spiro atoms. The summed E-state index contributed by atoms with van der Waals surface area (Å²) in [5.41, 5.74) is -1.68. The van der Waals surface area contributed by atoms with Crippen LogP contribution in [-0.2, 0) is 6.18 Å². The predicted molar refractivity (Wildman–Crippen MR) is 65.6 cm³/mol. The fourth-order valence-electron chi connectivity index (χ4n) is 2.33. The molecule has 7 heteroatoms. The van der Waals surface area contributed by atoms with Gasteiger partial charge in [-0.1, -0.05) is 0 Å². The average Bonchev–Trinajstić information content (AvgIpc) is 2.46. The molecule has 0 radical (unpaired) electrons. The Morgan fingerprint density at radius 3 is 2.71 bits per heavy atom. The van der Waals surface area contributed by atoms with Gasteiger partial charge in [0.2, 0.25) is 0 Å². The van der Waals surface area contributed by atoms with Crippen molar-refractivity contribution in [1.82, 2.24) is 4.90 Å². The highest BCUT2D eigenvalue weighted by Crippen LogP contribution is 2.32. The van der Waals surface area contributed by atoms with Crippen LogP contribution in [0.15, 0.2) is 18.2 Å². The number of rotatable bonds is 1. The van der Waals surface area contributed by atoms with Crippen LogP contribution in [0.2, 0.25) is 0 Å². The molecule has 112 valence electrons. The Morgan fingerprint density at radius 1 is 1.38 bits per heavy atom. The van der Waals surface area contributed by atoms with Crippen molar-refractivity contribution in [2.75, 3.05) is 13.1 Å². The number of alkyl halides is 3. The van der Waals surface area contributed by atoms with Crippen molar-refractivity contribution in [2.24, 2.45) is 5.92 Å². The third-order valence-corrected chi connectivity index (χ3v) is 3.41. The van der Waals surface area contributed by atoms with Gasteiger partial charge in [0.1, 0.15) is 5.82 Å². The van der Waals surface area contributed by atoms with Gasteiger partial charge in [-0.25, -0.2) is 4.39 Å². The summed E-state index contributed by atoms with van der Waals surface area (Å²) in [6.07, 6.45) is -3.56. The third kappa shape index (κ3) is 3.32. The number of benzene rings is 1. The fourth-order valence-corrected chi connectivity index (χ4v) is 2.33. The maximum Gasteiger partial charge on any atom is 0.419 e. The number of nitriles is 1. The number of likely N-dealkylation sites (tertiary alicyclic amines) is 1. The molecule has 0 aliphatic carbocycles. The monoisotopic (exact) mass is 300 g/mol. The number of nitrogens with zero attached hydrogens (tertiary/aromatic N) is 2. The Labute approximate surface area is 118 Å². The van der Waals surface area contributed by atoms with Gasteiger partial charge in [-0.15, -0.1) is 0 Å². The largest absolute Gasteiger partial charge is 0.419 e. The molecule has 0 bridgehead atoms. The summed E-state index contributed by atoms with van der Waals surface area (Å²) in [4.78, 5) is 13.5. The fraction of sp³-hybridized carbons (Fsp3) is 0.429. The van der Waals surface area contributed by atoms with Crippen LogP contribution < -0.4 is 0 Å². The van der Waals surface area contributed by atoms with Crippen molar-refractivity contribution in [3.05, 3.63) is 35.1 Å². The van der Waals surface area contributed by atoms with Gasteiger partial charge >= 0.3 is 6.18 Å². The number of halogens is 4. The molecule has 21 heavy (non-hydrogen) atoms. The van der Waals surface area contributed by atoms with Crippen LogP contribution in [0.1, 0.15) is 28.8 Å². The first kappa shape index (κ1) is 15.3. The number of piperidine rings is 1. The van der Waals surface area contributed by atoms with Gasteiger partial charge in [-0.2, -0.15) is 18.4 Å².